The molecule has 2 aromatic rings. The van der Waals surface area contributed by atoms with E-state index in [1.807, 2.05) is 17.4 Å². The molecule has 2 N–H and O–H groups in total. The molecule has 0 aliphatic carbocycles. The van der Waals surface area contributed by atoms with Gasteiger partial charge in [-0.3, -0.25) is 14.9 Å². The highest BCUT2D eigenvalue weighted by Crippen LogP contribution is 2.13. The summed E-state index contributed by atoms with van der Waals surface area (Å²) in [5.74, 6) is -0.386. The van der Waals surface area contributed by atoms with Crippen molar-refractivity contribution in [3.05, 3.63) is 58.0 Å². The van der Waals surface area contributed by atoms with Crippen molar-refractivity contribution in [3.63, 3.8) is 0 Å². The molecule has 136 valence electrons. The lowest BCUT2D eigenvalue weighted by Crippen LogP contribution is -2.27. The first-order valence-electron chi connectivity index (χ1n) is 7.52. The molecule has 1 aromatic carbocycles. The molecule has 2 amide bonds. The average Bonchev–Trinajstić information content (AvgIpc) is 3.07. The van der Waals surface area contributed by atoms with E-state index in [1.165, 1.54) is 11.8 Å². The van der Waals surface area contributed by atoms with Crippen molar-refractivity contribution in [1.82, 2.24) is 20.4 Å². The van der Waals surface area contributed by atoms with Crippen molar-refractivity contribution in [2.75, 3.05) is 7.05 Å². The molecule has 0 aliphatic heterocycles. The van der Waals surface area contributed by atoms with Gasteiger partial charge >= 0.3 is 0 Å². The Balaban J connectivity index is 2.03. The zero-order chi connectivity index (χ0) is 19.1. The fourth-order valence-electron chi connectivity index (χ4n) is 1.97. The number of rotatable bonds is 7. The Kier molecular flexibility index (Phi) is 6.51. The van der Waals surface area contributed by atoms with Crippen molar-refractivity contribution in [3.8, 4) is 0 Å². The van der Waals surface area contributed by atoms with Gasteiger partial charge in [0.05, 0.1) is 12.1 Å². The first-order chi connectivity index (χ1) is 12.4. The lowest BCUT2D eigenvalue weighted by molar-refractivity contribution is -0.122. The van der Waals surface area contributed by atoms with E-state index in [0.29, 0.717) is 10.8 Å². The van der Waals surface area contributed by atoms with E-state index in [1.54, 1.807) is 31.3 Å². The summed E-state index contributed by atoms with van der Waals surface area (Å²) < 4.78 is 5.12. The van der Waals surface area contributed by atoms with E-state index in [-0.39, 0.29) is 30.3 Å². The molecule has 0 unspecified atom stereocenters. The number of nitrogens with one attached hydrogen (secondary N) is 1. The Morgan fingerprint density at radius 1 is 1.35 bits per heavy atom. The van der Waals surface area contributed by atoms with Crippen LogP contribution in [0, 0.1) is 0 Å². The zero-order valence-electron chi connectivity index (χ0n) is 14.1. The normalized spacial score (nSPS) is 12.0. The van der Waals surface area contributed by atoms with Gasteiger partial charge in [-0.05, 0) is 30.7 Å². The molecule has 26 heavy (non-hydrogen) atoms. The predicted molar refractivity (Wildman–Crippen MR) is 95.7 cm³/mol. The second-order valence-corrected chi connectivity index (χ2v) is 5.76. The molecule has 0 fully saturated rings. The molecule has 0 radical (unpaired) electrons. The first kappa shape index (κ1) is 19.2. The Morgan fingerprint density at radius 3 is 2.69 bits per heavy atom. The van der Waals surface area contributed by atoms with E-state index in [9.17, 15) is 14.7 Å². The summed E-state index contributed by atoms with van der Waals surface area (Å²) >= 11 is 5.83. The lowest BCUT2D eigenvalue weighted by atomic mass is 10.2. The number of carbonyl (C=O) groups is 2. The van der Waals surface area contributed by atoms with Crippen LogP contribution in [0.15, 0.2) is 40.2 Å². The molecule has 0 aliphatic rings. The summed E-state index contributed by atoms with van der Waals surface area (Å²) in [6.07, 6.45) is 3.73. The molecule has 0 bridgehead atoms. The fraction of sp³-hybridized carbons (Fsp3) is 0.176. The van der Waals surface area contributed by atoms with Crippen molar-refractivity contribution >= 4 is 36.1 Å². The zero-order valence-corrected chi connectivity index (χ0v) is 14.9. The maximum atomic E-state index is 11.5. The molecule has 9 heteroatoms. The van der Waals surface area contributed by atoms with Crippen LogP contribution in [-0.4, -0.2) is 39.5 Å². The number of aromatic nitrogens is 2. The van der Waals surface area contributed by atoms with Gasteiger partial charge in [-0.25, -0.2) is 0 Å². The van der Waals surface area contributed by atoms with Gasteiger partial charge in [-0.15, -0.1) is 0 Å². The van der Waals surface area contributed by atoms with Crippen LogP contribution < -0.4 is 5.32 Å². The fourth-order valence-corrected chi connectivity index (χ4v) is 2.10. The van der Waals surface area contributed by atoms with Crippen LogP contribution in [0.25, 0.3) is 12.2 Å². The number of aliphatic hydroxyl groups is 1. The van der Waals surface area contributed by atoms with E-state index < -0.39 is 5.91 Å². The Bertz CT molecular complexity index is 843. The minimum atomic E-state index is -0.693. The van der Waals surface area contributed by atoms with E-state index in [2.05, 4.69) is 10.1 Å². The van der Waals surface area contributed by atoms with Gasteiger partial charge in [-0.1, -0.05) is 35.0 Å². The lowest BCUT2D eigenvalue weighted by Gasteiger charge is -2.17. The molecule has 1 heterocycles. The summed E-state index contributed by atoms with van der Waals surface area (Å²) in [6.45, 7) is 1.47. The SMILES string of the molecule is C/C(C(=O)NC=O)=C(\O)N(C)Cc1nc(/C=C/c2ccc(Cl)cc2)no1. The standard InChI is InChI=1S/C17H17ClN4O4/c1-11(16(24)19-10-23)17(25)22(2)9-15-20-14(21-26-15)8-5-12-3-6-13(18)7-4-12/h3-8,10,25H,9H2,1-2H3,(H,19,23,24)/b8-5+,17-11+. The highest BCUT2D eigenvalue weighted by Gasteiger charge is 2.16. The summed E-state index contributed by atoms with van der Waals surface area (Å²) in [4.78, 5) is 27.4. The molecular weight excluding hydrogens is 360 g/mol. The largest absolute Gasteiger partial charge is 0.494 e. The molecule has 1 aromatic heterocycles. The summed E-state index contributed by atoms with van der Waals surface area (Å²) in [5, 5.41) is 16.5. The maximum absolute atomic E-state index is 11.5. The Morgan fingerprint density at radius 2 is 2.04 bits per heavy atom. The second-order valence-electron chi connectivity index (χ2n) is 5.33. The van der Waals surface area contributed by atoms with Crippen LogP contribution in [0.4, 0.5) is 0 Å². The molecule has 0 atom stereocenters. The third kappa shape index (κ3) is 5.18. The number of amides is 2. The van der Waals surface area contributed by atoms with Crippen LogP contribution in [0.2, 0.25) is 5.02 Å². The Hall–Kier alpha value is -3.13. The molecule has 0 spiro atoms. The number of nitrogens with zero attached hydrogens (tertiary/aromatic N) is 3. The van der Waals surface area contributed by atoms with E-state index in [4.69, 9.17) is 16.1 Å². The van der Waals surface area contributed by atoms with E-state index in [0.717, 1.165) is 5.56 Å². The highest BCUT2D eigenvalue weighted by molar-refractivity contribution is 6.30. The number of benzene rings is 1. The monoisotopic (exact) mass is 376 g/mol. The molecular formula is C17H17ClN4O4. The molecule has 0 saturated heterocycles. The van der Waals surface area contributed by atoms with Gasteiger partial charge < -0.3 is 14.5 Å². The second kappa shape index (κ2) is 8.82. The summed E-state index contributed by atoms with van der Waals surface area (Å²) in [7, 11) is 1.54. The number of aliphatic hydroxyl groups excluding tert-OH is 1. The topological polar surface area (TPSA) is 109 Å². The van der Waals surface area contributed by atoms with Crippen LogP contribution in [0.3, 0.4) is 0 Å². The average molecular weight is 377 g/mol. The van der Waals surface area contributed by atoms with Crippen molar-refractivity contribution in [1.29, 1.82) is 0 Å². The van der Waals surface area contributed by atoms with E-state index >= 15 is 0 Å². The van der Waals surface area contributed by atoms with Crippen LogP contribution in [0.5, 0.6) is 0 Å². The minimum Gasteiger partial charge on any atom is -0.494 e. The van der Waals surface area contributed by atoms with Crippen LogP contribution in [0.1, 0.15) is 24.2 Å². The van der Waals surface area contributed by atoms with Gasteiger partial charge in [-0.2, -0.15) is 4.98 Å². The van der Waals surface area contributed by atoms with Gasteiger partial charge in [0.1, 0.15) is 0 Å². The number of imide groups is 1. The van der Waals surface area contributed by atoms with Crippen LogP contribution in [-0.2, 0) is 16.1 Å². The minimum absolute atomic E-state index is 0.0121. The van der Waals surface area contributed by atoms with Crippen molar-refractivity contribution in [2.45, 2.75) is 13.5 Å². The Labute approximate surface area is 154 Å². The molecule has 2 rings (SSSR count). The molecule has 0 saturated carbocycles. The number of hydrogen-bond acceptors (Lipinski definition) is 7. The molecule has 8 nitrogen and oxygen atoms in total. The maximum Gasteiger partial charge on any atom is 0.258 e. The highest BCUT2D eigenvalue weighted by atomic mass is 35.5. The number of carbonyl (C=O) groups excluding carboxylic acids is 2. The van der Waals surface area contributed by atoms with Gasteiger partial charge in [0.2, 0.25) is 12.3 Å². The van der Waals surface area contributed by atoms with Crippen molar-refractivity contribution in [2.24, 2.45) is 0 Å². The third-order valence-electron chi connectivity index (χ3n) is 3.38. The summed E-state index contributed by atoms with van der Waals surface area (Å²) in [6, 6.07) is 7.25. The third-order valence-corrected chi connectivity index (χ3v) is 3.63. The number of hydrogen-bond donors (Lipinski definition) is 2. The van der Waals surface area contributed by atoms with Crippen LogP contribution >= 0.6 is 11.6 Å². The summed E-state index contributed by atoms with van der Waals surface area (Å²) in [5.41, 5.74) is 0.914. The predicted octanol–water partition coefficient (Wildman–Crippen LogP) is 2.39. The van der Waals surface area contributed by atoms with Gasteiger partial charge in [0.15, 0.2) is 11.7 Å². The van der Waals surface area contributed by atoms with Gasteiger partial charge in [0.25, 0.3) is 5.91 Å². The smallest absolute Gasteiger partial charge is 0.258 e. The number of halogens is 1. The van der Waals surface area contributed by atoms with Crippen molar-refractivity contribution < 1.29 is 19.2 Å². The van der Waals surface area contributed by atoms with Gasteiger partial charge in [0, 0.05) is 12.1 Å². The quantitative estimate of drug-likeness (QED) is 0.434. The first-order valence-corrected chi connectivity index (χ1v) is 7.90.